The second-order valence-corrected chi connectivity index (χ2v) is 7.97. The number of hydrogen-bond acceptors (Lipinski definition) is 4. The molecule has 1 aliphatic rings. The van der Waals surface area contributed by atoms with Crippen LogP contribution in [-0.2, 0) is 16.6 Å². The molecule has 4 nitrogen and oxygen atoms in total. The highest BCUT2D eigenvalue weighted by Crippen LogP contribution is 2.24. The normalized spacial score (nSPS) is 17.3. The number of nitrogens with zero attached hydrogens (tertiary/aromatic N) is 1. The molecular formula is C14H22N2O2S2. The van der Waals surface area contributed by atoms with Gasteiger partial charge in [-0.3, -0.25) is 0 Å². The zero-order valence-electron chi connectivity index (χ0n) is 12.1. The fourth-order valence-electron chi connectivity index (χ4n) is 2.32. The lowest BCUT2D eigenvalue weighted by Crippen LogP contribution is -2.38. The van der Waals surface area contributed by atoms with E-state index < -0.39 is 10.0 Å². The van der Waals surface area contributed by atoms with Gasteiger partial charge in [0.05, 0.1) is 4.90 Å². The molecule has 0 atom stereocenters. The fraction of sp³-hybridized carbons (Fsp3) is 0.571. The molecule has 20 heavy (non-hydrogen) atoms. The Hall–Kier alpha value is -0.560. The third-order valence-corrected chi connectivity index (χ3v) is 6.54. The molecule has 0 radical (unpaired) electrons. The van der Waals surface area contributed by atoms with E-state index in [-0.39, 0.29) is 0 Å². The number of nitrogens with one attached hydrogen (secondary N) is 1. The van der Waals surface area contributed by atoms with Crippen LogP contribution in [-0.4, -0.2) is 43.9 Å². The lowest BCUT2D eigenvalue weighted by Gasteiger charge is -2.26. The maximum Gasteiger partial charge on any atom is 0.243 e. The highest BCUT2D eigenvalue weighted by atomic mass is 32.2. The number of thioether (sulfide) groups is 1. The van der Waals surface area contributed by atoms with Crippen molar-refractivity contribution in [3.05, 3.63) is 29.3 Å². The van der Waals surface area contributed by atoms with Gasteiger partial charge in [-0.1, -0.05) is 19.1 Å². The van der Waals surface area contributed by atoms with Crippen LogP contribution in [0, 0.1) is 6.92 Å². The molecule has 1 aromatic rings. The molecule has 0 bridgehead atoms. The van der Waals surface area contributed by atoms with E-state index in [0.29, 0.717) is 24.5 Å². The van der Waals surface area contributed by atoms with Crippen LogP contribution in [0.2, 0.25) is 0 Å². The van der Waals surface area contributed by atoms with Crippen molar-refractivity contribution in [2.24, 2.45) is 0 Å². The lowest BCUT2D eigenvalue weighted by molar-refractivity contribution is 0.443. The van der Waals surface area contributed by atoms with Crippen molar-refractivity contribution >= 4 is 21.8 Å². The van der Waals surface area contributed by atoms with Crippen LogP contribution in [0.1, 0.15) is 18.1 Å². The van der Waals surface area contributed by atoms with Crippen molar-refractivity contribution in [3.63, 3.8) is 0 Å². The van der Waals surface area contributed by atoms with Crippen LogP contribution < -0.4 is 5.32 Å². The molecule has 0 aromatic heterocycles. The summed E-state index contributed by atoms with van der Waals surface area (Å²) >= 11 is 1.81. The molecule has 0 spiro atoms. The van der Waals surface area contributed by atoms with Gasteiger partial charge in [-0.15, -0.1) is 0 Å². The van der Waals surface area contributed by atoms with Crippen molar-refractivity contribution in [3.8, 4) is 0 Å². The molecule has 0 amide bonds. The summed E-state index contributed by atoms with van der Waals surface area (Å²) in [5.41, 5.74) is 1.92. The minimum Gasteiger partial charge on any atom is -0.313 e. The zero-order chi connectivity index (χ0) is 14.6. The average molecular weight is 314 g/mol. The topological polar surface area (TPSA) is 49.4 Å². The molecule has 1 aliphatic heterocycles. The van der Waals surface area contributed by atoms with Crippen LogP contribution in [0.5, 0.6) is 0 Å². The van der Waals surface area contributed by atoms with Crippen LogP contribution in [0.4, 0.5) is 0 Å². The second-order valence-electron chi connectivity index (χ2n) is 4.84. The third-order valence-electron chi connectivity index (χ3n) is 3.55. The highest BCUT2D eigenvalue weighted by molar-refractivity contribution is 7.99. The van der Waals surface area contributed by atoms with Gasteiger partial charge in [-0.25, -0.2) is 8.42 Å². The standard InChI is InChI=1S/C14H22N2O2S2/c1-3-15-11-13-5-4-6-14(12(13)2)20(17,18)16-7-9-19-10-8-16/h4-6,15H,3,7-11H2,1-2H3. The Balaban J connectivity index is 2.31. The first-order chi connectivity index (χ1) is 9.57. The molecule has 1 N–H and O–H groups in total. The first-order valence-electron chi connectivity index (χ1n) is 6.94. The molecular weight excluding hydrogens is 292 g/mol. The Kier molecular flexibility index (Phi) is 5.49. The van der Waals surface area contributed by atoms with Crippen LogP contribution >= 0.6 is 11.8 Å². The van der Waals surface area contributed by atoms with Crippen molar-refractivity contribution in [1.82, 2.24) is 9.62 Å². The monoisotopic (exact) mass is 314 g/mol. The van der Waals surface area contributed by atoms with E-state index in [1.807, 2.05) is 37.7 Å². The molecule has 0 aliphatic carbocycles. The van der Waals surface area contributed by atoms with Crippen molar-refractivity contribution in [2.45, 2.75) is 25.3 Å². The number of benzene rings is 1. The maximum absolute atomic E-state index is 12.7. The van der Waals surface area contributed by atoms with Crippen LogP contribution in [0.25, 0.3) is 0 Å². The summed E-state index contributed by atoms with van der Waals surface area (Å²) in [6, 6.07) is 5.55. The van der Waals surface area contributed by atoms with Gasteiger partial charge in [-0.05, 0) is 30.7 Å². The Bertz CT molecular complexity index is 552. The van der Waals surface area contributed by atoms with Gasteiger partial charge < -0.3 is 5.32 Å². The molecule has 2 rings (SSSR count). The molecule has 1 heterocycles. The molecule has 0 unspecified atom stereocenters. The summed E-state index contributed by atoms with van der Waals surface area (Å²) in [6.45, 7) is 6.76. The van der Waals surface area contributed by atoms with Crippen molar-refractivity contribution < 1.29 is 8.42 Å². The summed E-state index contributed by atoms with van der Waals surface area (Å²) in [5.74, 6) is 1.77. The van der Waals surface area contributed by atoms with Gasteiger partial charge in [0, 0.05) is 31.1 Å². The van der Waals surface area contributed by atoms with Crippen molar-refractivity contribution in [2.75, 3.05) is 31.1 Å². The van der Waals surface area contributed by atoms with E-state index in [9.17, 15) is 8.42 Å². The Morgan fingerprint density at radius 3 is 2.65 bits per heavy atom. The first-order valence-corrected chi connectivity index (χ1v) is 9.54. The molecule has 1 fully saturated rings. The smallest absolute Gasteiger partial charge is 0.243 e. The van der Waals surface area contributed by atoms with E-state index in [1.165, 1.54) is 0 Å². The SMILES string of the molecule is CCNCc1cccc(S(=O)(=O)N2CCSCC2)c1C. The highest BCUT2D eigenvalue weighted by Gasteiger charge is 2.27. The minimum absolute atomic E-state index is 0.458. The van der Waals surface area contributed by atoms with Crippen LogP contribution in [0.15, 0.2) is 23.1 Å². The second kappa shape index (κ2) is 6.93. The molecule has 1 saturated heterocycles. The Morgan fingerprint density at radius 2 is 2.00 bits per heavy atom. The third kappa shape index (κ3) is 3.36. The predicted molar refractivity (Wildman–Crippen MR) is 84.6 cm³/mol. The van der Waals surface area contributed by atoms with Gasteiger partial charge in [0.15, 0.2) is 0 Å². The van der Waals surface area contributed by atoms with Crippen LogP contribution in [0.3, 0.4) is 0 Å². The van der Waals surface area contributed by atoms with E-state index in [1.54, 1.807) is 10.4 Å². The molecule has 0 saturated carbocycles. The van der Waals surface area contributed by atoms with Crippen molar-refractivity contribution in [1.29, 1.82) is 0 Å². The molecule has 1 aromatic carbocycles. The fourth-order valence-corrected chi connectivity index (χ4v) is 5.16. The first kappa shape index (κ1) is 15.8. The summed E-state index contributed by atoms with van der Waals surface area (Å²) in [6.07, 6.45) is 0. The Morgan fingerprint density at radius 1 is 1.30 bits per heavy atom. The predicted octanol–water partition coefficient (Wildman–Crippen LogP) is 1.84. The van der Waals surface area contributed by atoms with Gasteiger partial charge in [0.1, 0.15) is 0 Å². The van der Waals surface area contributed by atoms with E-state index in [4.69, 9.17) is 0 Å². The summed E-state index contributed by atoms with van der Waals surface area (Å²) in [7, 11) is -3.35. The quantitative estimate of drug-likeness (QED) is 0.901. The number of sulfonamides is 1. The zero-order valence-corrected chi connectivity index (χ0v) is 13.7. The minimum atomic E-state index is -3.35. The Labute approximate surface area is 126 Å². The van der Waals surface area contributed by atoms with Gasteiger partial charge >= 0.3 is 0 Å². The summed E-state index contributed by atoms with van der Waals surface area (Å²) < 4.78 is 27.1. The lowest BCUT2D eigenvalue weighted by atomic mass is 10.1. The maximum atomic E-state index is 12.7. The summed E-state index contributed by atoms with van der Waals surface area (Å²) in [5, 5.41) is 3.25. The summed E-state index contributed by atoms with van der Waals surface area (Å²) in [4.78, 5) is 0.458. The average Bonchev–Trinajstić information content (AvgIpc) is 2.47. The largest absolute Gasteiger partial charge is 0.313 e. The van der Waals surface area contributed by atoms with E-state index in [2.05, 4.69) is 5.32 Å². The number of rotatable bonds is 5. The van der Waals surface area contributed by atoms with E-state index >= 15 is 0 Å². The van der Waals surface area contributed by atoms with Gasteiger partial charge in [-0.2, -0.15) is 16.1 Å². The van der Waals surface area contributed by atoms with Gasteiger partial charge in [0.25, 0.3) is 0 Å². The molecule has 6 heteroatoms. The number of hydrogen-bond donors (Lipinski definition) is 1. The molecule has 112 valence electrons. The van der Waals surface area contributed by atoms with Gasteiger partial charge in [0.2, 0.25) is 10.0 Å². The van der Waals surface area contributed by atoms with E-state index in [0.717, 1.165) is 29.2 Å².